The van der Waals surface area contributed by atoms with E-state index in [1.54, 1.807) is 26.2 Å². The minimum Gasteiger partial charge on any atom is -0.507 e. The SMILES string of the molecule is Cc1ccc(O)c(C(=O)NCCC(=O)N(C)C)c1. The largest absolute Gasteiger partial charge is 0.507 e. The third-order valence-electron chi connectivity index (χ3n) is 2.52. The number of rotatable bonds is 4. The summed E-state index contributed by atoms with van der Waals surface area (Å²) in [5, 5.41) is 12.2. The number of aromatic hydroxyl groups is 1. The first-order valence-corrected chi connectivity index (χ1v) is 5.70. The minimum atomic E-state index is -0.372. The Morgan fingerprint density at radius 1 is 1.33 bits per heavy atom. The summed E-state index contributed by atoms with van der Waals surface area (Å²) in [6, 6.07) is 4.81. The Hall–Kier alpha value is -2.04. The fourth-order valence-corrected chi connectivity index (χ4v) is 1.43. The smallest absolute Gasteiger partial charge is 0.255 e. The molecule has 5 nitrogen and oxygen atoms in total. The van der Waals surface area contributed by atoms with Gasteiger partial charge in [0.1, 0.15) is 5.75 Å². The van der Waals surface area contributed by atoms with Gasteiger partial charge in [-0.1, -0.05) is 11.6 Å². The number of phenolic OH excluding ortho intramolecular Hbond substituents is 1. The molecule has 0 saturated heterocycles. The molecule has 18 heavy (non-hydrogen) atoms. The van der Waals surface area contributed by atoms with Crippen LogP contribution in [0.25, 0.3) is 0 Å². The first-order valence-electron chi connectivity index (χ1n) is 5.70. The van der Waals surface area contributed by atoms with E-state index >= 15 is 0 Å². The van der Waals surface area contributed by atoms with E-state index in [0.29, 0.717) is 0 Å². The molecule has 0 radical (unpaired) electrons. The fourth-order valence-electron chi connectivity index (χ4n) is 1.43. The molecule has 0 fully saturated rings. The zero-order chi connectivity index (χ0) is 13.7. The highest BCUT2D eigenvalue weighted by Gasteiger charge is 2.11. The summed E-state index contributed by atoms with van der Waals surface area (Å²) in [5.41, 5.74) is 1.12. The van der Waals surface area contributed by atoms with Gasteiger partial charge in [-0.3, -0.25) is 9.59 Å². The van der Waals surface area contributed by atoms with Crippen LogP contribution < -0.4 is 5.32 Å². The molecule has 1 aromatic carbocycles. The highest BCUT2D eigenvalue weighted by molar-refractivity contribution is 5.97. The first-order chi connectivity index (χ1) is 8.41. The van der Waals surface area contributed by atoms with E-state index in [0.717, 1.165) is 5.56 Å². The lowest BCUT2D eigenvalue weighted by Gasteiger charge is -2.11. The molecule has 0 heterocycles. The summed E-state index contributed by atoms with van der Waals surface area (Å²) in [7, 11) is 3.33. The first kappa shape index (κ1) is 14.0. The van der Waals surface area contributed by atoms with Gasteiger partial charge in [-0.2, -0.15) is 0 Å². The van der Waals surface area contributed by atoms with Gasteiger partial charge in [0.2, 0.25) is 5.91 Å². The van der Waals surface area contributed by atoms with E-state index < -0.39 is 0 Å². The summed E-state index contributed by atoms with van der Waals surface area (Å²) >= 11 is 0. The summed E-state index contributed by atoms with van der Waals surface area (Å²) in [6.45, 7) is 2.09. The number of amides is 2. The maximum Gasteiger partial charge on any atom is 0.255 e. The Kier molecular flexibility index (Phi) is 4.71. The predicted octanol–water partition coefficient (Wildman–Crippen LogP) is 0.909. The van der Waals surface area contributed by atoms with Crippen LogP contribution in [0.3, 0.4) is 0 Å². The van der Waals surface area contributed by atoms with E-state index in [2.05, 4.69) is 5.32 Å². The molecule has 0 aliphatic carbocycles. The Labute approximate surface area is 106 Å². The number of phenols is 1. The topological polar surface area (TPSA) is 69.6 Å². The summed E-state index contributed by atoms with van der Waals surface area (Å²) in [6.07, 6.45) is 0.241. The van der Waals surface area contributed by atoms with Crippen LogP contribution in [0.4, 0.5) is 0 Å². The van der Waals surface area contributed by atoms with Crippen LogP contribution in [0, 0.1) is 6.92 Å². The second-order valence-corrected chi connectivity index (χ2v) is 4.31. The molecular weight excluding hydrogens is 232 g/mol. The highest BCUT2D eigenvalue weighted by Crippen LogP contribution is 2.17. The van der Waals surface area contributed by atoms with Crippen LogP contribution >= 0.6 is 0 Å². The molecule has 0 spiro atoms. The van der Waals surface area contributed by atoms with Gasteiger partial charge in [-0.25, -0.2) is 0 Å². The number of carbonyl (C=O) groups is 2. The lowest BCUT2D eigenvalue weighted by atomic mass is 10.1. The predicted molar refractivity (Wildman–Crippen MR) is 68.5 cm³/mol. The lowest BCUT2D eigenvalue weighted by molar-refractivity contribution is -0.128. The van der Waals surface area contributed by atoms with Gasteiger partial charge in [0, 0.05) is 27.1 Å². The monoisotopic (exact) mass is 250 g/mol. The molecule has 0 aliphatic heterocycles. The Balaban J connectivity index is 2.56. The van der Waals surface area contributed by atoms with E-state index in [1.165, 1.54) is 11.0 Å². The molecule has 0 unspecified atom stereocenters. The molecule has 0 atom stereocenters. The Morgan fingerprint density at radius 3 is 2.61 bits per heavy atom. The van der Waals surface area contributed by atoms with E-state index in [9.17, 15) is 14.7 Å². The van der Waals surface area contributed by atoms with Gasteiger partial charge in [-0.05, 0) is 19.1 Å². The summed E-state index contributed by atoms with van der Waals surface area (Å²) in [5.74, 6) is -0.483. The van der Waals surface area contributed by atoms with E-state index in [-0.39, 0.29) is 36.1 Å². The summed E-state index contributed by atoms with van der Waals surface area (Å²) < 4.78 is 0. The van der Waals surface area contributed by atoms with Gasteiger partial charge in [-0.15, -0.1) is 0 Å². The molecule has 5 heteroatoms. The van der Waals surface area contributed by atoms with Crippen molar-refractivity contribution < 1.29 is 14.7 Å². The van der Waals surface area contributed by atoms with Crippen LogP contribution in [0.2, 0.25) is 0 Å². The van der Waals surface area contributed by atoms with Crippen LogP contribution in [-0.4, -0.2) is 42.5 Å². The number of nitrogens with one attached hydrogen (secondary N) is 1. The third-order valence-corrected chi connectivity index (χ3v) is 2.52. The lowest BCUT2D eigenvalue weighted by Crippen LogP contribution is -2.30. The van der Waals surface area contributed by atoms with Gasteiger partial charge >= 0.3 is 0 Å². The average molecular weight is 250 g/mol. The number of carbonyl (C=O) groups excluding carboxylic acids is 2. The maximum absolute atomic E-state index is 11.8. The van der Waals surface area contributed by atoms with Gasteiger partial charge < -0.3 is 15.3 Å². The molecule has 0 saturated carbocycles. The van der Waals surface area contributed by atoms with Crippen LogP contribution in [-0.2, 0) is 4.79 Å². The van der Waals surface area contributed by atoms with Crippen molar-refractivity contribution in [2.45, 2.75) is 13.3 Å². The molecule has 1 rings (SSSR count). The van der Waals surface area contributed by atoms with Crippen molar-refractivity contribution in [3.8, 4) is 5.75 Å². The molecule has 0 aromatic heterocycles. The molecule has 98 valence electrons. The van der Waals surface area contributed by atoms with E-state index in [4.69, 9.17) is 0 Å². The quantitative estimate of drug-likeness (QED) is 0.834. The molecule has 1 aromatic rings. The van der Waals surface area contributed by atoms with Crippen molar-refractivity contribution in [3.05, 3.63) is 29.3 Å². The van der Waals surface area contributed by atoms with Gasteiger partial charge in [0.25, 0.3) is 5.91 Å². The van der Waals surface area contributed by atoms with Crippen LogP contribution in [0.15, 0.2) is 18.2 Å². The zero-order valence-electron chi connectivity index (χ0n) is 10.9. The van der Waals surface area contributed by atoms with Crippen molar-refractivity contribution in [3.63, 3.8) is 0 Å². The normalized spacial score (nSPS) is 9.94. The van der Waals surface area contributed by atoms with Crippen LogP contribution in [0.1, 0.15) is 22.3 Å². The highest BCUT2D eigenvalue weighted by atomic mass is 16.3. The van der Waals surface area contributed by atoms with Crippen molar-refractivity contribution in [1.82, 2.24) is 10.2 Å². The maximum atomic E-state index is 11.8. The minimum absolute atomic E-state index is 0.0521. The Morgan fingerprint density at radius 2 is 2.00 bits per heavy atom. The third kappa shape index (κ3) is 3.76. The van der Waals surface area contributed by atoms with Gasteiger partial charge in [0.05, 0.1) is 5.56 Å². The molecule has 2 amide bonds. The molecular formula is C13H18N2O3. The number of benzene rings is 1. The number of nitrogens with zero attached hydrogens (tertiary/aromatic N) is 1. The number of hydrogen-bond acceptors (Lipinski definition) is 3. The van der Waals surface area contributed by atoms with Crippen molar-refractivity contribution in [2.75, 3.05) is 20.6 Å². The fraction of sp³-hybridized carbons (Fsp3) is 0.385. The standard InChI is InChI=1S/C13H18N2O3/c1-9-4-5-11(16)10(8-9)13(18)14-7-6-12(17)15(2)3/h4-5,8,16H,6-7H2,1-3H3,(H,14,18). The average Bonchev–Trinajstić information content (AvgIpc) is 2.31. The molecule has 0 bridgehead atoms. The van der Waals surface area contributed by atoms with Crippen LogP contribution in [0.5, 0.6) is 5.75 Å². The van der Waals surface area contributed by atoms with E-state index in [1.807, 2.05) is 6.92 Å². The number of hydrogen-bond donors (Lipinski definition) is 2. The Bertz CT molecular complexity index is 456. The van der Waals surface area contributed by atoms with Crippen molar-refractivity contribution in [2.24, 2.45) is 0 Å². The van der Waals surface area contributed by atoms with Crippen molar-refractivity contribution >= 4 is 11.8 Å². The van der Waals surface area contributed by atoms with Gasteiger partial charge in [0.15, 0.2) is 0 Å². The number of aryl methyl sites for hydroxylation is 1. The second-order valence-electron chi connectivity index (χ2n) is 4.31. The molecule has 0 aliphatic rings. The second kappa shape index (κ2) is 6.05. The zero-order valence-corrected chi connectivity index (χ0v) is 10.9. The molecule has 2 N–H and O–H groups in total. The van der Waals surface area contributed by atoms with Crippen molar-refractivity contribution in [1.29, 1.82) is 0 Å². The summed E-state index contributed by atoms with van der Waals surface area (Å²) in [4.78, 5) is 24.5.